The molecule has 8 heteroatoms. The summed E-state index contributed by atoms with van der Waals surface area (Å²) in [5.41, 5.74) is 0. The number of hydrogen-bond donors (Lipinski definition) is 0. The van der Waals surface area contributed by atoms with Gasteiger partial charge in [0.25, 0.3) is 0 Å². The largest absolute Gasteiger partial charge is 0.469 e. The molecule has 4 atom stereocenters. The molecule has 0 aromatic rings. The van der Waals surface area contributed by atoms with Gasteiger partial charge in [-0.1, -0.05) is 118 Å². The van der Waals surface area contributed by atoms with Crippen molar-refractivity contribution in [3.63, 3.8) is 0 Å². The number of fused-ring (bicyclic) bond motifs is 2. The van der Waals surface area contributed by atoms with E-state index in [9.17, 15) is 4.79 Å². The van der Waals surface area contributed by atoms with Crippen LogP contribution in [0, 0.1) is 11.8 Å². The lowest BCUT2D eigenvalue weighted by Gasteiger charge is -2.37. The van der Waals surface area contributed by atoms with E-state index in [0.717, 1.165) is 57.8 Å². The molecule has 2 bridgehead atoms. The van der Waals surface area contributed by atoms with Crippen LogP contribution in [0.25, 0.3) is 0 Å². The van der Waals surface area contributed by atoms with Gasteiger partial charge in [-0.3, -0.25) is 4.79 Å². The van der Waals surface area contributed by atoms with E-state index in [-0.39, 0.29) is 17.8 Å². The Morgan fingerprint density at radius 1 is 0.750 bits per heavy atom. The fourth-order valence-electron chi connectivity index (χ4n) is 5.42. The Balaban J connectivity index is 1.98. The first-order valence-electron chi connectivity index (χ1n) is 12.0. The van der Waals surface area contributed by atoms with Gasteiger partial charge in [-0.15, -0.1) is 23.2 Å². The summed E-state index contributed by atoms with van der Waals surface area (Å²) in [6.45, 7) is 2.22. The van der Waals surface area contributed by atoms with Crippen LogP contribution >= 0.6 is 69.6 Å². The van der Waals surface area contributed by atoms with Gasteiger partial charge in [0.1, 0.15) is 9.75 Å². The quantitative estimate of drug-likeness (QED) is 0.112. The summed E-state index contributed by atoms with van der Waals surface area (Å²) < 4.78 is 3.24. The van der Waals surface area contributed by atoms with Crippen LogP contribution in [-0.4, -0.2) is 27.2 Å². The third-order valence-corrected chi connectivity index (χ3v) is 11.6. The van der Waals surface area contributed by atoms with Crippen molar-refractivity contribution in [2.45, 2.75) is 111 Å². The van der Waals surface area contributed by atoms with E-state index in [1.165, 1.54) is 32.8 Å². The van der Waals surface area contributed by atoms with Gasteiger partial charge in [0.15, 0.2) is 4.33 Å². The van der Waals surface area contributed by atoms with Gasteiger partial charge >= 0.3 is 5.97 Å². The van der Waals surface area contributed by atoms with Crippen molar-refractivity contribution in [1.82, 2.24) is 0 Å². The summed E-state index contributed by atoms with van der Waals surface area (Å²) in [4.78, 5) is 8.92. The highest BCUT2D eigenvalue weighted by atomic mass is 35.5. The molecule has 2 rings (SSSR count). The Bertz CT molecular complexity index is 667. The van der Waals surface area contributed by atoms with Gasteiger partial charge in [-0.05, 0) is 31.1 Å². The Hall–Kier alpha value is 0.950. The van der Waals surface area contributed by atoms with Crippen molar-refractivity contribution in [2.75, 3.05) is 7.11 Å². The molecule has 0 spiro atoms. The molecule has 0 heterocycles. The molecule has 0 aromatic carbocycles. The zero-order chi connectivity index (χ0) is 24.0. The first-order valence-corrected chi connectivity index (χ1v) is 14.3. The maximum atomic E-state index is 11.2. The van der Waals surface area contributed by atoms with Gasteiger partial charge in [0.2, 0.25) is 0 Å². The number of carbonyl (C=O) groups excluding carboxylic acids is 1. The third-order valence-electron chi connectivity index (χ3n) is 7.25. The van der Waals surface area contributed by atoms with Gasteiger partial charge in [0.05, 0.1) is 17.2 Å². The number of esters is 1. The molecule has 1 fully saturated rings. The minimum Gasteiger partial charge on any atom is -0.469 e. The van der Waals surface area contributed by atoms with E-state index in [1.54, 1.807) is 0 Å². The molecule has 0 saturated heterocycles. The number of carbonyl (C=O) groups is 1. The molecule has 0 amide bonds. The number of alkyl halides is 4. The molecular formula is C24H36Cl6O2. The average Bonchev–Trinajstić information content (AvgIpc) is 2.96. The lowest BCUT2D eigenvalue weighted by Crippen LogP contribution is -2.44. The van der Waals surface area contributed by atoms with Crippen LogP contribution in [0.15, 0.2) is 10.1 Å². The van der Waals surface area contributed by atoms with Crippen LogP contribution in [0.1, 0.15) is 96.8 Å². The Kier molecular flexibility index (Phi) is 11.6. The molecule has 32 heavy (non-hydrogen) atoms. The predicted octanol–water partition coefficient (Wildman–Crippen LogP) is 9.72. The number of allylic oxidation sites excluding steroid dienone is 2. The maximum Gasteiger partial charge on any atom is 0.305 e. The Morgan fingerprint density at radius 3 is 1.59 bits per heavy atom. The highest BCUT2D eigenvalue weighted by Gasteiger charge is 2.81. The fraction of sp³-hybridized carbons (Fsp3) is 0.875. The summed E-state index contributed by atoms with van der Waals surface area (Å²) in [5, 5.41) is 0.624. The third kappa shape index (κ3) is 5.52. The molecule has 1 saturated carbocycles. The SMILES string of the molecule is CCCCCCCCC1C(CCCCCCCC(=O)OC)C2(Cl)C(Cl)=C(Cl)C1(Cl)C2(Cl)Cl. The molecule has 2 aliphatic carbocycles. The lowest BCUT2D eigenvalue weighted by molar-refractivity contribution is -0.140. The minimum atomic E-state index is -1.45. The standard InChI is InChI=1S/C24H36Cl6O2/c1-3-4-5-6-8-11-14-17-18(15-12-9-7-10-13-16-19(31)32-2)23(28)21(26)20(25)22(17,27)24(23,29)30/h17-18H,3-16H2,1-2H3. The van der Waals surface area contributed by atoms with Gasteiger partial charge in [0, 0.05) is 6.42 Å². The second-order valence-electron chi connectivity index (χ2n) is 9.28. The molecular weight excluding hydrogens is 533 g/mol. The molecule has 0 aromatic heterocycles. The molecule has 186 valence electrons. The zero-order valence-corrected chi connectivity index (χ0v) is 23.7. The van der Waals surface area contributed by atoms with Gasteiger partial charge < -0.3 is 4.74 Å². The van der Waals surface area contributed by atoms with Crippen molar-refractivity contribution in [2.24, 2.45) is 11.8 Å². The fourth-order valence-corrected chi connectivity index (χ4v) is 8.56. The van der Waals surface area contributed by atoms with Crippen molar-refractivity contribution >= 4 is 75.6 Å². The van der Waals surface area contributed by atoms with Crippen LogP contribution < -0.4 is 0 Å². The van der Waals surface area contributed by atoms with Crippen LogP contribution in [0.2, 0.25) is 0 Å². The van der Waals surface area contributed by atoms with E-state index in [4.69, 9.17) is 69.6 Å². The summed E-state index contributed by atoms with van der Waals surface area (Å²) in [6.07, 6.45) is 14.3. The normalized spacial score (nSPS) is 30.9. The van der Waals surface area contributed by atoms with Crippen molar-refractivity contribution in [1.29, 1.82) is 0 Å². The Labute approximate surface area is 224 Å². The van der Waals surface area contributed by atoms with E-state index in [2.05, 4.69) is 11.7 Å². The first kappa shape index (κ1) is 29.2. The first-order chi connectivity index (χ1) is 15.1. The molecule has 0 N–H and O–H groups in total. The number of ether oxygens (including phenoxy) is 1. The number of hydrogen-bond acceptors (Lipinski definition) is 2. The zero-order valence-electron chi connectivity index (χ0n) is 19.1. The molecule has 0 radical (unpaired) electrons. The van der Waals surface area contributed by atoms with Gasteiger partial charge in [-0.2, -0.15) is 0 Å². The van der Waals surface area contributed by atoms with Crippen LogP contribution in [0.5, 0.6) is 0 Å². The summed E-state index contributed by atoms with van der Waals surface area (Å²) in [6, 6.07) is 0. The topological polar surface area (TPSA) is 26.3 Å². The van der Waals surface area contributed by atoms with E-state index >= 15 is 0 Å². The number of rotatable bonds is 15. The molecule has 0 aliphatic heterocycles. The van der Waals surface area contributed by atoms with Crippen molar-refractivity contribution in [3.8, 4) is 0 Å². The van der Waals surface area contributed by atoms with Crippen molar-refractivity contribution in [3.05, 3.63) is 10.1 Å². The van der Waals surface area contributed by atoms with Crippen LogP contribution in [0.4, 0.5) is 0 Å². The van der Waals surface area contributed by atoms with Crippen LogP contribution in [0.3, 0.4) is 0 Å². The van der Waals surface area contributed by atoms with E-state index in [1.807, 2.05) is 0 Å². The molecule has 2 aliphatic rings. The number of methoxy groups -OCH3 is 1. The Morgan fingerprint density at radius 2 is 1.16 bits per heavy atom. The predicted molar refractivity (Wildman–Crippen MR) is 140 cm³/mol. The average molecular weight is 569 g/mol. The summed E-state index contributed by atoms with van der Waals surface area (Å²) >= 11 is 41.1. The number of unbranched alkanes of at least 4 members (excludes halogenated alkanes) is 9. The smallest absolute Gasteiger partial charge is 0.305 e. The second-order valence-corrected chi connectivity index (χ2v) is 12.6. The highest BCUT2D eigenvalue weighted by molar-refractivity contribution is 6.65. The summed E-state index contributed by atoms with van der Waals surface area (Å²) in [7, 11) is 1.42. The molecule has 4 unspecified atom stereocenters. The van der Waals surface area contributed by atoms with Crippen molar-refractivity contribution < 1.29 is 9.53 Å². The summed E-state index contributed by atoms with van der Waals surface area (Å²) in [5.74, 6) is -0.200. The maximum absolute atomic E-state index is 11.2. The molecule has 2 nitrogen and oxygen atoms in total. The van der Waals surface area contributed by atoms with Gasteiger partial charge in [-0.25, -0.2) is 0 Å². The minimum absolute atomic E-state index is 0.0165. The second kappa shape index (κ2) is 12.8. The monoisotopic (exact) mass is 566 g/mol. The van der Waals surface area contributed by atoms with E-state index < -0.39 is 14.1 Å². The highest BCUT2D eigenvalue weighted by Crippen LogP contribution is 2.77. The van der Waals surface area contributed by atoms with E-state index in [0.29, 0.717) is 16.5 Å². The lowest BCUT2D eigenvalue weighted by atomic mass is 9.76. The number of halogens is 6. The van der Waals surface area contributed by atoms with Crippen LogP contribution in [-0.2, 0) is 9.53 Å².